The number of aliphatic hydroxyl groups is 2. The maximum Gasteiger partial charge on any atom is 0.295 e. The maximum atomic E-state index is 12.4. The molecule has 2 atom stereocenters. The van der Waals surface area contributed by atoms with E-state index in [0.29, 0.717) is 6.42 Å². The fourth-order valence-electron chi connectivity index (χ4n) is 3.71. The SMILES string of the molecule is CCCCCCCCCCCCCCCCC(CC(O)CO)C(=O)O[Si](C)(C)C. The molecule has 0 aromatic heterocycles. The van der Waals surface area contributed by atoms with Crippen LogP contribution in [0.1, 0.15) is 110 Å². The molecule has 5 heteroatoms. The molecule has 2 unspecified atom stereocenters. The first kappa shape index (κ1) is 28.6. The van der Waals surface area contributed by atoms with Gasteiger partial charge in [0.15, 0.2) is 0 Å². The highest BCUT2D eigenvalue weighted by Crippen LogP contribution is 2.21. The van der Waals surface area contributed by atoms with Crippen LogP contribution in [0.5, 0.6) is 0 Å². The molecule has 174 valence electrons. The van der Waals surface area contributed by atoms with Gasteiger partial charge < -0.3 is 14.6 Å². The average molecular weight is 431 g/mol. The minimum Gasteiger partial charge on any atom is -0.520 e. The standard InChI is InChI=1S/C24H50O4Si/c1-5-6-7-8-9-10-11-12-13-14-15-16-17-18-19-22(20-23(26)21-25)24(27)28-29(2,3)4/h22-23,25-26H,5-21H2,1-4H3. The van der Waals surface area contributed by atoms with Crippen LogP contribution in [0.3, 0.4) is 0 Å². The maximum absolute atomic E-state index is 12.4. The summed E-state index contributed by atoms with van der Waals surface area (Å²) in [5.74, 6) is -0.479. The minimum atomic E-state index is -1.93. The number of unbranched alkanes of at least 4 members (excludes halogenated alkanes) is 13. The van der Waals surface area contributed by atoms with Crippen LogP contribution in [0, 0.1) is 5.92 Å². The van der Waals surface area contributed by atoms with Gasteiger partial charge in [-0.2, -0.15) is 0 Å². The summed E-state index contributed by atoms with van der Waals surface area (Å²) >= 11 is 0. The lowest BCUT2D eigenvalue weighted by molar-refractivity contribution is -0.141. The number of aliphatic hydroxyl groups excluding tert-OH is 2. The minimum absolute atomic E-state index is 0.189. The van der Waals surface area contributed by atoms with Crippen molar-refractivity contribution in [2.45, 2.75) is 135 Å². The second-order valence-corrected chi connectivity index (χ2v) is 14.1. The molecule has 0 bridgehead atoms. The van der Waals surface area contributed by atoms with E-state index >= 15 is 0 Å². The lowest BCUT2D eigenvalue weighted by atomic mass is 9.94. The fraction of sp³-hybridized carbons (Fsp3) is 0.958. The van der Waals surface area contributed by atoms with E-state index < -0.39 is 14.4 Å². The second kappa shape index (κ2) is 18.4. The third kappa shape index (κ3) is 19.3. The molecular formula is C24H50O4Si. The number of carbonyl (C=O) groups is 1. The van der Waals surface area contributed by atoms with E-state index in [2.05, 4.69) is 6.92 Å². The van der Waals surface area contributed by atoms with E-state index in [0.717, 1.165) is 19.3 Å². The van der Waals surface area contributed by atoms with Crippen molar-refractivity contribution >= 4 is 14.3 Å². The van der Waals surface area contributed by atoms with Crippen molar-refractivity contribution < 1.29 is 19.4 Å². The lowest BCUT2D eigenvalue weighted by Gasteiger charge is -2.24. The molecule has 0 saturated carbocycles. The van der Waals surface area contributed by atoms with Crippen LogP contribution >= 0.6 is 0 Å². The third-order valence-electron chi connectivity index (χ3n) is 5.41. The zero-order chi connectivity index (χ0) is 22.0. The van der Waals surface area contributed by atoms with E-state index in [9.17, 15) is 9.90 Å². The van der Waals surface area contributed by atoms with Gasteiger partial charge in [-0.1, -0.05) is 96.8 Å². The molecule has 0 amide bonds. The third-order valence-corrected chi connectivity index (χ3v) is 6.23. The van der Waals surface area contributed by atoms with E-state index in [-0.39, 0.29) is 18.5 Å². The van der Waals surface area contributed by atoms with Crippen LogP contribution in [0.2, 0.25) is 19.6 Å². The highest BCUT2D eigenvalue weighted by atomic mass is 28.4. The van der Waals surface area contributed by atoms with E-state index in [4.69, 9.17) is 9.53 Å². The van der Waals surface area contributed by atoms with E-state index in [1.54, 1.807) is 0 Å². The summed E-state index contributed by atoms with van der Waals surface area (Å²) < 4.78 is 5.62. The Hall–Kier alpha value is -0.393. The Morgan fingerprint density at radius 3 is 1.59 bits per heavy atom. The van der Waals surface area contributed by atoms with Gasteiger partial charge in [-0.25, -0.2) is 0 Å². The van der Waals surface area contributed by atoms with Gasteiger partial charge in [-0.05, 0) is 32.5 Å². The Morgan fingerprint density at radius 2 is 1.21 bits per heavy atom. The summed E-state index contributed by atoms with van der Waals surface area (Å²) in [7, 11) is -1.93. The molecule has 29 heavy (non-hydrogen) atoms. The van der Waals surface area contributed by atoms with Crippen LogP contribution in [0.25, 0.3) is 0 Å². The molecule has 0 rings (SSSR count). The first-order chi connectivity index (χ1) is 13.8. The first-order valence-electron chi connectivity index (χ1n) is 12.3. The van der Waals surface area contributed by atoms with Crippen molar-refractivity contribution in [3.63, 3.8) is 0 Å². The zero-order valence-electron chi connectivity index (χ0n) is 19.9. The highest BCUT2D eigenvalue weighted by molar-refractivity contribution is 6.71. The highest BCUT2D eigenvalue weighted by Gasteiger charge is 2.27. The van der Waals surface area contributed by atoms with Crippen molar-refractivity contribution in [1.82, 2.24) is 0 Å². The molecule has 0 aliphatic rings. The molecule has 0 saturated heterocycles. The van der Waals surface area contributed by atoms with Crippen molar-refractivity contribution in [3.05, 3.63) is 0 Å². The molecule has 0 fully saturated rings. The summed E-state index contributed by atoms with van der Waals surface area (Å²) in [6.07, 6.45) is 18.6. The van der Waals surface area contributed by atoms with Crippen molar-refractivity contribution in [2.75, 3.05) is 6.61 Å². The molecule has 0 radical (unpaired) electrons. The molecule has 0 aliphatic carbocycles. The van der Waals surface area contributed by atoms with Gasteiger partial charge in [0.1, 0.15) is 0 Å². The normalized spacial score (nSPS) is 14.0. The first-order valence-corrected chi connectivity index (χ1v) is 15.7. The molecule has 4 nitrogen and oxygen atoms in total. The monoisotopic (exact) mass is 430 g/mol. The predicted molar refractivity (Wildman–Crippen MR) is 126 cm³/mol. The summed E-state index contributed by atoms with van der Waals surface area (Å²) in [4.78, 5) is 12.4. The van der Waals surface area contributed by atoms with Crippen LogP contribution in [-0.4, -0.2) is 37.2 Å². The van der Waals surface area contributed by atoms with Crippen molar-refractivity contribution in [2.24, 2.45) is 5.92 Å². The number of rotatable bonds is 20. The number of hydrogen-bond acceptors (Lipinski definition) is 4. The van der Waals surface area contributed by atoms with Crippen LogP contribution < -0.4 is 0 Å². The summed E-state index contributed by atoms with van der Waals surface area (Å²) in [5.41, 5.74) is 0. The van der Waals surface area contributed by atoms with Gasteiger partial charge in [0.2, 0.25) is 8.32 Å². The molecular weight excluding hydrogens is 380 g/mol. The quantitative estimate of drug-likeness (QED) is 0.169. The Balaban J connectivity index is 3.75. The van der Waals surface area contributed by atoms with Crippen molar-refractivity contribution in [1.29, 1.82) is 0 Å². The summed E-state index contributed by atoms with van der Waals surface area (Å²) in [6.45, 7) is 7.96. The summed E-state index contributed by atoms with van der Waals surface area (Å²) in [5, 5.41) is 18.8. The van der Waals surface area contributed by atoms with E-state index in [1.807, 2.05) is 19.6 Å². The molecule has 0 spiro atoms. The Labute approximate surface area is 182 Å². The topological polar surface area (TPSA) is 66.8 Å². The largest absolute Gasteiger partial charge is 0.520 e. The van der Waals surface area contributed by atoms with Crippen LogP contribution in [-0.2, 0) is 9.22 Å². The van der Waals surface area contributed by atoms with Gasteiger partial charge in [-0.3, -0.25) is 4.79 Å². The Bertz CT molecular complexity index is 382. The molecule has 0 aliphatic heterocycles. The molecule has 0 heterocycles. The zero-order valence-corrected chi connectivity index (χ0v) is 20.9. The lowest BCUT2D eigenvalue weighted by Crippen LogP contribution is -2.34. The fourth-order valence-corrected chi connectivity index (χ4v) is 4.48. The summed E-state index contributed by atoms with van der Waals surface area (Å²) in [6, 6.07) is 0. The van der Waals surface area contributed by atoms with Gasteiger partial charge in [-0.15, -0.1) is 0 Å². The number of carbonyl (C=O) groups excluding carboxylic acids is 1. The van der Waals surface area contributed by atoms with Gasteiger partial charge in [0, 0.05) is 0 Å². The Kier molecular flexibility index (Phi) is 18.1. The number of hydrogen-bond donors (Lipinski definition) is 2. The molecule has 2 N–H and O–H groups in total. The van der Waals surface area contributed by atoms with Gasteiger partial charge in [0.05, 0.1) is 18.6 Å². The van der Waals surface area contributed by atoms with Crippen LogP contribution in [0.4, 0.5) is 0 Å². The second-order valence-electron chi connectivity index (χ2n) is 9.69. The van der Waals surface area contributed by atoms with E-state index in [1.165, 1.54) is 77.0 Å². The molecule has 0 aromatic carbocycles. The van der Waals surface area contributed by atoms with Crippen LogP contribution in [0.15, 0.2) is 0 Å². The average Bonchev–Trinajstić information content (AvgIpc) is 2.65. The smallest absolute Gasteiger partial charge is 0.295 e. The van der Waals surface area contributed by atoms with Gasteiger partial charge in [0.25, 0.3) is 5.97 Å². The van der Waals surface area contributed by atoms with Gasteiger partial charge >= 0.3 is 0 Å². The van der Waals surface area contributed by atoms with Crippen molar-refractivity contribution in [3.8, 4) is 0 Å². The Morgan fingerprint density at radius 1 is 0.793 bits per heavy atom. The predicted octanol–water partition coefficient (Wildman–Crippen LogP) is 6.60. The molecule has 0 aromatic rings.